The predicted octanol–water partition coefficient (Wildman–Crippen LogP) is 0.346. The smallest absolute Gasteiger partial charge is 0.289 e. The monoisotopic (exact) mass is 264 g/mol. The Morgan fingerprint density at radius 3 is 2.89 bits per heavy atom. The average Bonchev–Trinajstić information content (AvgIpc) is 2.96. The summed E-state index contributed by atoms with van der Waals surface area (Å²) in [4.78, 5) is 23.6. The summed E-state index contributed by atoms with van der Waals surface area (Å²) in [5, 5.41) is 0. The molecule has 0 saturated carbocycles. The van der Waals surface area contributed by atoms with Crippen LogP contribution in [0.4, 0.5) is 0 Å². The lowest BCUT2D eigenvalue weighted by molar-refractivity contribution is -0.0545. The topological polar surface area (TPSA) is 61.5 Å². The van der Waals surface area contributed by atoms with Crippen LogP contribution in [0.15, 0.2) is 12.4 Å². The summed E-state index contributed by atoms with van der Waals surface area (Å²) in [6, 6.07) is 0. The number of carbonyl (C=O) groups is 1. The molecule has 6 heteroatoms. The van der Waals surface area contributed by atoms with Gasteiger partial charge in [-0.05, 0) is 19.9 Å². The highest BCUT2D eigenvalue weighted by atomic mass is 16.5. The zero-order valence-corrected chi connectivity index (χ0v) is 11.3. The normalized spacial score (nSPS) is 23.7. The molecule has 3 rings (SSSR count). The third kappa shape index (κ3) is 2.26. The molecular weight excluding hydrogens is 244 g/mol. The molecule has 1 aromatic rings. The molecule has 0 radical (unpaired) electrons. The maximum atomic E-state index is 12.4. The third-order valence-corrected chi connectivity index (χ3v) is 4.41. The van der Waals surface area contributed by atoms with Gasteiger partial charge in [0.15, 0.2) is 5.82 Å². The van der Waals surface area contributed by atoms with Gasteiger partial charge in [0, 0.05) is 50.8 Å². The second-order valence-corrected chi connectivity index (χ2v) is 5.42. The van der Waals surface area contributed by atoms with Crippen molar-refractivity contribution in [1.29, 1.82) is 0 Å². The minimum atomic E-state index is 0.00367. The first-order chi connectivity index (χ1) is 9.21. The largest absolute Gasteiger partial charge is 0.381 e. The van der Waals surface area contributed by atoms with Crippen molar-refractivity contribution in [3.63, 3.8) is 0 Å². The molecule has 0 bridgehead atoms. The number of rotatable bonds is 1. The van der Waals surface area contributed by atoms with Gasteiger partial charge < -0.3 is 14.6 Å². The maximum absolute atomic E-state index is 12.4. The Kier molecular flexibility index (Phi) is 3.28. The van der Waals surface area contributed by atoms with Crippen LogP contribution in [0.3, 0.4) is 0 Å². The number of ether oxygens (including phenoxy) is 1. The number of amides is 1. The summed E-state index contributed by atoms with van der Waals surface area (Å²) < 4.78 is 5.46. The highest BCUT2D eigenvalue weighted by Gasteiger charge is 2.42. The Morgan fingerprint density at radius 2 is 2.21 bits per heavy atom. The quantitative estimate of drug-likeness (QED) is 0.795. The van der Waals surface area contributed by atoms with Crippen LogP contribution in [0.1, 0.15) is 23.5 Å². The van der Waals surface area contributed by atoms with Crippen molar-refractivity contribution >= 4 is 5.91 Å². The summed E-state index contributed by atoms with van der Waals surface area (Å²) in [6.07, 6.45) is 5.29. The van der Waals surface area contributed by atoms with E-state index in [1.807, 2.05) is 4.90 Å². The van der Waals surface area contributed by atoms with E-state index >= 15 is 0 Å². The van der Waals surface area contributed by atoms with E-state index in [4.69, 9.17) is 4.74 Å². The van der Waals surface area contributed by atoms with Gasteiger partial charge in [-0.1, -0.05) is 0 Å². The van der Waals surface area contributed by atoms with Gasteiger partial charge in [0.05, 0.1) is 0 Å². The predicted molar refractivity (Wildman–Crippen MR) is 69.9 cm³/mol. The minimum Gasteiger partial charge on any atom is -0.381 e. The van der Waals surface area contributed by atoms with Gasteiger partial charge >= 0.3 is 0 Å². The van der Waals surface area contributed by atoms with Gasteiger partial charge in [-0.3, -0.25) is 9.69 Å². The van der Waals surface area contributed by atoms with Crippen LogP contribution in [0.2, 0.25) is 0 Å². The van der Waals surface area contributed by atoms with Crippen LogP contribution in [0, 0.1) is 0 Å². The molecule has 0 atom stereocenters. The number of imidazole rings is 1. The second-order valence-electron chi connectivity index (χ2n) is 5.42. The molecule has 3 heterocycles. The van der Waals surface area contributed by atoms with Gasteiger partial charge in [0.25, 0.3) is 5.91 Å². The Morgan fingerprint density at radius 1 is 1.42 bits per heavy atom. The molecule has 2 saturated heterocycles. The fourth-order valence-corrected chi connectivity index (χ4v) is 3.06. The first kappa shape index (κ1) is 12.6. The SMILES string of the molecule is CN1CCN(C(=O)c2ncc[nH]2)CC12CCOCC2. The Bertz CT molecular complexity index is 440. The zero-order chi connectivity index (χ0) is 13.3. The van der Waals surface area contributed by atoms with Crippen molar-refractivity contribution in [2.75, 3.05) is 39.9 Å². The van der Waals surface area contributed by atoms with Gasteiger partial charge in [0.1, 0.15) is 0 Å². The van der Waals surface area contributed by atoms with Crippen molar-refractivity contribution in [2.45, 2.75) is 18.4 Å². The summed E-state index contributed by atoms with van der Waals surface area (Å²) in [5.74, 6) is 0.440. The van der Waals surface area contributed by atoms with Gasteiger partial charge in [-0.25, -0.2) is 4.98 Å². The van der Waals surface area contributed by atoms with Crippen LogP contribution in [0.5, 0.6) is 0 Å². The molecule has 1 N–H and O–H groups in total. The van der Waals surface area contributed by atoms with E-state index in [1.165, 1.54) is 0 Å². The highest BCUT2D eigenvalue weighted by Crippen LogP contribution is 2.30. The van der Waals surface area contributed by atoms with E-state index in [1.54, 1.807) is 12.4 Å². The average molecular weight is 264 g/mol. The van der Waals surface area contributed by atoms with Crippen molar-refractivity contribution in [2.24, 2.45) is 0 Å². The van der Waals surface area contributed by atoms with Crippen molar-refractivity contribution in [3.05, 3.63) is 18.2 Å². The van der Waals surface area contributed by atoms with E-state index in [0.717, 1.165) is 45.7 Å². The number of likely N-dealkylation sites (N-methyl/N-ethyl adjacent to an activating group) is 1. The molecule has 19 heavy (non-hydrogen) atoms. The Labute approximate surface area is 112 Å². The number of aromatic amines is 1. The van der Waals surface area contributed by atoms with Crippen LogP contribution in [-0.2, 0) is 4.74 Å². The summed E-state index contributed by atoms with van der Waals surface area (Å²) in [5.41, 5.74) is 0.0821. The van der Waals surface area contributed by atoms with E-state index in [9.17, 15) is 4.79 Å². The number of hydrogen-bond acceptors (Lipinski definition) is 4. The first-order valence-corrected chi connectivity index (χ1v) is 6.79. The third-order valence-electron chi connectivity index (χ3n) is 4.41. The fraction of sp³-hybridized carbons (Fsp3) is 0.692. The Hall–Kier alpha value is -1.40. The van der Waals surface area contributed by atoms with E-state index in [0.29, 0.717) is 5.82 Å². The highest BCUT2D eigenvalue weighted by molar-refractivity contribution is 5.90. The Balaban J connectivity index is 1.76. The lowest BCUT2D eigenvalue weighted by atomic mass is 9.86. The van der Waals surface area contributed by atoms with Crippen molar-refractivity contribution in [3.8, 4) is 0 Å². The standard InChI is InChI=1S/C13H20N4O2/c1-16-6-7-17(12(18)11-14-4-5-15-11)10-13(16)2-8-19-9-3-13/h4-5H,2-3,6-10H2,1H3,(H,14,15). The van der Waals surface area contributed by atoms with E-state index in [2.05, 4.69) is 21.9 Å². The first-order valence-electron chi connectivity index (χ1n) is 6.79. The fourth-order valence-electron chi connectivity index (χ4n) is 3.06. The molecule has 1 spiro atoms. The second kappa shape index (κ2) is 4.94. The van der Waals surface area contributed by atoms with Crippen molar-refractivity contribution < 1.29 is 9.53 Å². The summed E-state index contributed by atoms with van der Waals surface area (Å²) in [6.45, 7) is 4.01. The van der Waals surface area contributed by atoms with E-state index < -0.39 is 0 Å². The van der Waals surface area contributed by atoms with E-state index in [-0.39, 0.29) is 11.4 Å². The van der Waals surface area contributed by atoms with Crippen LogP contribution in [-0.4, -0.2) is 71.1 Å². The minimum absolute atomic E-state index is 0.00367. The molecule has 0 aromatic carbocycles. The molecule has 104 valence electrons. The number of aromatic nitrogens is 2. The molecule has 1 aromatic heterocycles. The number of nitrogens with one attached hydrogen (secondary N) is 1. The zero-order valence-electron chi connectivity index (χ0n) is 11.3. The number of H-pyrrole nitrogens is 1. The van der Waals surface area contributed by atoms with Crippen LogP contribution < -0.4 is 0 Å². The molecule has 6 nitrogen and oxygen atoms in total. The molecule has 2 aliphatic heterocycles. The molecule has 2 aliphatic rings. The molecule has 0 aliphatic carbocycles. The lowest BCUT2D eigenvalue weighted by Crippen LogP contribution is -2.63. The van der Waals surface area contributed by atoms with Crippen LogP contribution in [0.25, 0.3) is 0 Å². The maximum Gasteiger partial charge on any atom is 0.289 e. The number of carbonyl (C=O) groups excluding carboxylic acids is 1. The van der Waals surface area contributed by atoms with Gasteiger partial charge in [-0.15, -0.1) is 0 Å². The van der Waals surface area contributed by atoms with Gasteiger partial charge in [0.2, 0.25) is 0 Å². The summed E-state index contributed by atoms with van der Waals surface area (Å²) >= 11 is 0. The summed E-state index contributed by atoms with van der Waals surface area (Å²) in [7, 11) is 2.15. The number of hydrogen-bond donors (Lipinski definition) is 1. The van der Waals surface area contributed by atoms with Crippen LogP contribution >= 0.6 is 0 Å². The lowest BCUT2D eigenvalue weighted by Gasteiger charge is -2.51. The number of nitrogens with zero attached hydrogens (tertiary/aromatic N) is 3. The molecule has 2 fully saturated rings. The molecule has 0 unspecified atom stereocenters. The van der Waals surface area contributed by atoms with Gasteiger partial charge in [-0.2, -0.15) is 0 Å². The molecular formula is C13H20N4O2. The van der Waals surface area contributed by atoms with Crippen molar-refractivity contribution in [1.82, 2.24) is 19.8 Å². The molecule has 1 amide bonds. The number of piperazine rings is 1.